The van der Waals surface area contributed by atoms with Crippen molar-refractivity contribution in [3.05, 3.63) is 0 Å². The van der Waals surface area contributed by atoms with Crippen molar-refractivity contribution in [2.75, 3.05) is 13.1 Å². The molecule has 2 atom stereocenters. The van der Waals surface area contributed by atoms with Gasteiger partial charge in [-0.25, -0.2) is 0 Å². The molecule has 0 aromatic heterocycles. The topological polar surface area (TPSA) is 20.3 Å². The van der Waals surface area contributed by atoms with Crippen LogP contribution in [0.2, 0.25) is 0 Å². The molecule has 2 fully saturated rings. The lowest BCUT2D eigenvalue weighted by atomic mass is 9.87. The van der Waals surface area contributed by atoms with Crippen molar-refractivity contribution in [2.24, 2.45) is 5.92 Å². The molecule has 2 aliphatic rings. The molecule has 1 aliphatic heterocycles. The van der Waals surface area contributed by atoms with E-state index >= 15 is 0 Å². The first-order chi connectivity index (χ1) is 6.77. The van der Waals surface area contributed by atoms with E-state index in [0.29, 0.717) is 17.7 Å². The molecule has 2 heteroatoms. The van der Waals surface area contributed by atoms with Gasteiger partial charge in [0.15, 0.2) is 0 Å². The summed E-state index contributed by atoms with van der Waals surface area (Å²) in [5.41, 5.74) is 0. The first-order valence-corrected chi connectivity index (χ1v) is 6.04. The quantitative estimate of drug-likeness (QED) is 0.673. The van der Waals surface area contributed by atoms with E-state index in [4.69, 9.17) is 0 Å². The van der Waals surface area contributed by atoms with Crippen molar-refractivity contribution in [1.82, 2.24) is 4.90 Å². The van der Waals surface area contributed by atoms with Gasteiger partial charge in [-0.05, 0) is 39.2 Å². The number of carbonyl (C=O) groups excluding carboxylic acids is 1. The van der Waals surface area contributed by atoms with Gasteiger partial charge in [0.05, 0.1) is 0 Å². The van der Waals surface area contributed by atoms with Crippen LogP contribution in [0.25, 0.3) is 0 Å². The molecule has 14 heavy (non-hydrogen) atoms. The van der Waals surface area contributed by atoms with E-state index in [2.05, 4.69) is 11.8 Å². The first kappa shape index (κ1) is 10.2. The molecule has 80 valence electrons. The zero-order valence-corrected chi connectivity index (χ0v) is 9.17. The van der Waals surface area contributed by atoms with Crippen LogP contribution >= 0.6 is 0 Å². The number of Topliss-reactive ketones (excluding diaryl/α,β-unsaturated/α-hetero) is 1. The summed E-state index contributed by atoms with van der Waals surface area (Å²) < 4.78 is 0. The van der Waals surface area contributed by atoms with Gasteiger partial charge < -0.3 is 0 Å². The van der Waals surface area contributed by atoms with E-state index < -0.39 is 0 Å². The third kappa shape index (κ3) is 2.17. The number of rotatable bonds is 2. The molecule has 0 radical (unpaired) electrons. The summed E-state index contributed by atoms with van der Waals surface area (Å²) in [6.07, 6.45) is 7.02. The normalized spacial score (nSPS) is 35.1. The molecule has 0 N–H and O–H groups in total. The maximum Gasteiger partial charge on any atom is 0.137 e. The molecule has 0 amide bonds. The van der Waals surface area contributed by atoms with Crippen molar-refractivity contribution in [2.45, 2.75) is 51.5 Å². The number of ketones is 1. The van der Waals surface area contributed by atoms with Crippen LogP contribution in [0, 0.1) is 5.92 Å². The van der Waals surface area contributed by atoms with Crippen LogP contribution in [0.5, 0.6) is 0 Å². The lowest BCUT2D eigenvalue weighted by Crippen LogP contribution is -2.36. The van der Waals surface area contributed by atoms with Crippen LogP contribution in [0.15, 0.2) is 0 Å². The standard InChI is InChI=1S/C12H21NO/c1-10-5-4-8-13(10)9-11-6-2-3-7-12(11)14/h10-11H,2-9H2,1H3. The lowest BCUT2D eigenvalue weighted by Gasteiger charge is -2.28. The van der Waals surface area contributed by atoms with Crippen molar-refractivity contribution >= 4 is 5.78 Å². The molecule has 0 aromatic rings. The fourth-order valence-corrected chi connectivity index (χ4v) is 2.80. The Kier molecular flexibility index (Phi) is 3.22. The van der Waals surface area contributed by atoms with Crippen molar-refractivity contribution in [1.29, 1.82) is 0 Å². The SMILES string of the molecule is CC1CCCN1CC1CCCCC1=O. The van der Waals surface area contributed by atoms with Gasteiger partial charge >= 0.3 is 0 Å². The second-order valence-electron chi connectivity index (χ2n) is 4.90. The molecular weight excluding hydrogens is 174 g/mol. The van der Waals surface area contributed by atoms with E-state index in [9.17, 15) is 4.79 Å². The number of carbonyl (C=O) groups is 1. The van der Waals surface area contributed by atoms with Gasteiger partial charge in [-0.15, -0.1) is 0 Å². The van der Waals surface area contributed by atoms with Crippen LogP contribution < -0.4 is 0 Å². The number of likely N-dealkylation sites (tertiary alicyclic amines) is 1. The molecular formula is C12H21NO. The highest BCUT2D eigenvalue weighted by molar-refractivity contribution is 5.81. The summed E-state index contributed by atoms with van der Waals surface area (Å²) in [7, 11) is 0. The zero-order chi connectivity index (χ0) is 9.97. The summed E-state index contributed by atoms with van der Waals surface area (Å²) in [5, 5.41) is 0. The second-order valence-corrected chi connectivity index (χ2v) is 4.90. The Morgan fingerprint density at radius 2 is 2.14 bits per heavy atom. The van der Waals surface area contributed by atoms with Gasteiger partial charge in [0.1, 0.15) is 5.78 Å². The maximum atomic E-state index is 11.7. The Morgan fingerprint density at radius 3 is 2.79 bits per heavy atom. The number of hydrogen-bond donors (Lipinski definition) is 0. The molecule has 2 nitrogen and oxygen atoms in total. The molecule has 0 aromatic carbocycles. The minimum atomic E-state index is 0.365. The summed E-state index contributed by atoms with van der Waals surface area (Å²) >= 11 is 0. The van der Waals surface area contributed by atoms with Crippen molar-refractivity contribution < 1.29 is 4.79 Å². The van der Waals surface area contributed by atoms with E-state index in [1.54, 1.807) is 0 Å². The van der Waals surface area contributed by atoms with Crippen LogP contribution in [-0.4, -0.2) is 29.8 Å². The first-order valence-electron chi connectivity index (χ1n) is 6.04. The molecule has 2 rings (SSSR count). The average Bonchev–Trinajstić information content (AvgIpc) is 2.56. The highest BCUT2D eigenvalue weighted by Crippen LogP contribution is 2.25. The third-order valence-corrected chi connectivity index (χ3v) is 3.83. The van der Waals surface area contributed by atoms with E-state index in [1.807, 2.05) is 0 Å². The molecule has 0 spiro atoms. The summed E-state index contributed by atoms with van der Waals surface area (Å²) in [6.45, 7) is 4.55. The molecule has 1 aliphatic carbocycles. The van der Waals surface area contributed by atoms with Gasteiger partial charge in [-0.3, -0.25) is 9.69 Å². The Labute approximate surface area is 86.7 Å². The fraction of sp³-hybridized carbons (Fsp3) is 0.917. The highest BCUT2D eigenvalue weighted by Gasteiger charge is 2.28. The molecule has 1 saturated carbocycles. The number of nitrogens with zero attached hydrogens (tertiary/aromatic N) is 1. The fourth-order valence-electron chi connectivity index (χ4n) is 2.80. The summed E-state index contributed by atoms with van der Waals surface area (Å²) in [5.74, 6) is 0.889. The largest absolute Gasteiger partial charge is 0.300 e. The van der Waals surface area contributed by atoms with Crippen LogP contribution in [-0.2, 0) is 4.79 Å². The third-order valence-electron chi connectivity index (χ3n) is 3.83. The van der Waals surface area contributed by atoms with Gasteiger partial charge in [-0.2, -0.15) is 0 Å². The molecule has 1 saturated heterocycles. The van der Waals surface area contributed by atoms with Crippen LogP contribution in [0.3, 0.4) is 0 Å². The van der Waals surface area contributed by atoms with Crippen molar-refractivity contribution in [3.63, 3.8) is 0 Å². The Bertz CT molecular complexity index is 214. The summed E-state index contributed by atoms with van der Waals surface area (Å²) in [6, 6.07) is 0.713. The van der Waals surface area contributed by atoms with Crippen LogP contribution in [0.4, 0.5) is 0 Å². The second kappa shape index (κ2) is 4.43. The highest BCUT2D eigenvalue weighted by atomic mass is 16.1. The number of hydrogen-bond acceptors (Lipinski definition) is 2. The lowest BCUT2D eigenvalue weighted by molar-refractivity contribution is -0.125. The van der Waals surface area contributed by atoms with Gasteiger partial charge in [0.2, 0.25) is 0 Å². The smallest absolute Gasteiger partial charge is 0.137 e. The monoisotopic (exact) mass is 195 g/mol. The Balaban J connectivity index is 1.86. The Morgan fingerprint density at radius 1 is 1.29 bits per heavy atom. The Hall–Kier alpha value is -0.370. The minimum Gasteiger partial charge on any atom is -0.300 e. The molecule has 2 unspecified atom stereocenters. The van der Waals surface area contributed by atoms with E-state index in [-0.39, 0.29) is 0 Å². The van der Waals surface area contributed by atoms with Crippen molar-refractivity contribution in [3.8, 4) is 0 Å². The molecule has 1 heterocycles. The van der Waals surface area contributed by atoms with E-state index in [1.165, 1.54) is 25.8 Å². The maximum absolute atomic E-state index is 11.7. The van der Waals surface area contributed by atoms with E-state index in [0.717, 1.165) is 25.8 Å². The van der Waals surface area contributed by atoms with Gasteiger partial charge in [-0.1, -0.05) is 6.42 Å². The predicted molar refractivity (Wildman–Crippen MR) is 57.2 cm³/mol. The molecule has 0 bridgehead atoms. The minimum absolute atomic E-state index is 0.365. The zero-order valence-electron chi connectivity index (χ0n) is 9.17. The van der Waals surface area contributed by atoms with Gasteiger partial charge in [0.25, 0.3) is 0 Å². The van der Waals surface area contributed by atoms with Crippen LogP contribution in [0.1, 0.15) is 45.4 Å². The summed E-state index contributed by atoms with van der Waals surface area (Å²) in [4.78, 5) is 14.2. The van der Waals surface area contributed by atoms with Gasteiger partial charge in [0, 0.05) is 24.9 Å². The average molecular weight is 195 g/mol. The predicted octanol–water partition coefficient (Wildman–Crippen LogP) is 2.23.